The average Bonchev–Trinajstić information content (AvgIpc) is 3.30. The number of hydrogen-bond donors (Lipinski definition) is 2. The molecule has 136 valence electrons. The van der Waals surface area contributed by atoms with Gasteiger partial charge in [-0.2, -0.15) is 10.2 Å². The van der Waals surface area contributed by atoms with E-state index in [2.05, 4.69) is 20.6 Å². The van der Waals surface area contributed by atoms with E-state index in [4.69, 9.17) is 0 Å². The molecule has 3 aromatic heterocycles. The van der Waals surface area contributed by atoms with Crippen LogP contribution in [0, 0.1) is 13.8 Å². The number of amides is 1. The van der Waals surface area contributed by atoms with Gasteiger partial charge in [0.1, 0.15) is 11.2 Å². The van der Waals surface area contributed by atoms with E-state index in [0.29, 0.717) is 17.0 Å². The van der Waals surface area contributed by atoms with Crippen LogP contribution in [0.15, 0.2) is 46.6 Å². The minimum atomic E-state index is -0.344. The van der Waals surface area contributed by atoms with Crippen molar-refractivity contribution < 1.29 is 4.79 Å². The highest BCUT2D eigenvalue weighted by Gasteiger charge is 2.15. The van der Waals surface area contributed by atoms with Crippen LogP contribution in [0.25, 0.3) is 16.1 Å². The lowest BCUT2D eigenvalue weighted by Gasteiger charge is -2.08. The summed E-state index contributed by atoms with van der Waals surface area (Å²) >= 11 is 1.53. The van der Waals surface area contributed by atoms with E-state index in [1.165, 1.54) is 15.9 Å². The Morgan fingerprint density at radius 2 is 2.07 bits per heavy atom. The maximum absolute atomic E-state index is 12.5. The Morgan fingerprint density at radius 1 is 1.22 bits per heavy atom. The van der Waals surface area contributed by atoms with Gasteiger partial charge in [-0.1, -0.05) is 12.1 Å². The second kappa shape index (κ2) is 6.81. The van der Waals surface area contributed by atoms with Gasteiger partial charge in [-0.15, -0.1) is 11.3 Å². The zero-order chi connectivity index (χ0) is 19.0. The first-order chi connectivity index (χ1) is 13.0. The number of nitrogens with one attached hydrogen (secondary N) is 2. The molecule has 8 heteroatoms. The SMILES string of the molecule is Cc1ccc(NC(=O)Cc2n[nH]c(=O)c3cc(-c4cccs4)nn23)cc1C. The molecule has 0 aliphatic rings. The lowest BCUT2D eigenvalue weighted by atomic mass is 10.1. The van der Waals surface area contributed by atoms with Gasteiger partial charge in [0, 0.05) is 5.69 Å². The highest BCUT2D eigenvalue weighted by molar-refractivity contribution is 7.13. The standard InChI is InChI=1S/C19H17N5O2S/c1-11-5-6-13(8-12(11)2)20-18(25)10-17-21-22-19(26)15-9-14(23-24(15)17)16-4-3-7-27-16/h3-9H,10H2,1-2H3,(H,20,25)(H,22,26). The number of H-pyrrole nitrogens is 1. The minimum Gasteiger partial charge on any atom is -0.326 e. The second-order valence-corrected chi connectivity index (χ2v) is 7.24. The molecular formula is C19H17N5O2S. The van der Waals surface area contributed by atoms with Crippen LogP contribution in [0.3, 0.4) is 0 Å². The molecule has 0 unspecified atom stereocenters. The summed E-state index contributed by atoms with van der Waals surface area (Å²) in [4.78, 5) is 25.5. The molecule has 0 atom stereocenters. The van der Waals surface area contributed by atoms with E-state index in [9.17, 15) is 9.59 Å². The predicted molar refractivity (Wildman–Crippen MR) is 105 cm³/mol. The molecule has 0 spiro atoms. The molecule has 0 saturated carbocycles. The Morgan fingerprint density at radius 3 is 2.81 bits per heavy atom. The molecule has 4 rings (SSSR count). The number of aromatic nitrogens is 4. The van der Waals surface area contributed by atoms with Gasteiger partial charge in [0.05, 0.1) is 11.3 Å². The zero-order valence-electron chi connectivity index (χ0n) is 14.8. The summed E-state index contributed by atoms with van der Waals surface area (Å²) in [5.41, 5.74) is 3.69. The fourth-order valence-electron chi connectivity index (χ4n) is 2.79. The molecule has 2 N–H and O–H groups in total. The van der Waals surface area contributed by atoms with Gasteiger partial charge < -0.3 is 5.32 Å². The van der Waals surface area contributed by atoms with Crippen molar-refractivity contribution in [3.05, 3.63) is 69.1 Å². The Bertz CT molecular complexity index is 1190. The van der Waals surface area contributed by atoms with Crippen molar-refractivity contribution in [2.75, 3.05) is 5.32 Å². The summed E-state index contributed by atoms with van der Waals surface area (Å²) in [5, 5.41) is 15.7. The summed E-state index contributed by atoms with van der Waals surface area (Å²) in [7, 11) is 0. The van der Waals surface area contributed by atoms with Gasteiger partial charge in [0.15, 0.2) is 5.82 Å². The number of benzene rings is 1. The third kappa shape index (κ3) is 3.39. The van der Waals surface area contributed by atoms with Crippen molar-refractivity contribution >= 4 is 28.4 Å². The van der Waals surface area contributed by atoms with Crippen LogP contribution in [-0.4, -0.2) is 25.7 Å². The van der Waals surface area contributed by atoms with E-state index in [1.807, 2.05) is 49.6 Å². The number of carbonyl (C=O) groups is 1. The third-order valence-corrected chi connectivity index (χ3v) is 5.25. The Balaban J connectivity index is 1.63. The lowest BCUT2D eigenvalue weighted by Crippen LogP contribution is -2.22. The van der Waals surface area contributed by atoms with Crippen LogP contribution in [0.2, 0.25) is 0 Å². The number of nitrogens with zero attached hydrogens (tertiary/aromatic N) is 3. The number of aromatic amines is 1. The van der Waals surface area contributed by atoms with E-state index in [-0.39, 0.29) is 17.9 Å². The first kappa shape index (κ1) is 17.2. The topological polar surface area (TPSA) is 92.1 Å². The molecule has 0 bridgehead atoms. The molecule has 0 fully saturated rings. The molecular weight excluding hydrogens is 362 g/mol. The lowest BCUT2D eigenvalue weighted by molar-refractivity contribution is -0.115. The normalized spacial score (nSPS) is 11.0. The van der Waals surface area contributed by atoms with Crippen molar-refractivity contribution in [3.63, 3.8) is 0 Å². The zero-order valence-corrected chi connectivity index (χ0v) is 15.6. The monoisotopic (exact) mass is 379 g/mol. The summed E-state index contributed by atoms with van der Waals surface area (Å²) in [6.07, 6.45) is -0.00817. The highest BCUT2D eigenvalue weighted by Crippen LogP contribution is 2.23. The maximum Gasteiger partial charge on any atom is 0.290 e. The van der Waals surface area contributed by atoms with Crippen LogP contribution in [-0.2, 0) is 11.2 Å². The number of fused-ring (bicyclic) bond motifs is 1. The third-order valence-electron chi connectivity index (χ3n) is 4.36. The van der Waals surface area contributed by atoms with E-state index in [1.54, 1.807) is 6.07 Å². The quantitative estimate of drug-likeness (QED) is 0.570. The molecule has 3 heterocycles. The van der Waals surface area contributed by atoms with Crippen molar-refractivity contribution in [1.82, 2.24) is 19.8 Å². The average molecular weight is 379 g/mol. The molecule has 0 radical (unpaired) electrons. The fraction of sp³-hybridized carbons (Fsp3) is 0.158. The molecule has 7 nitrogen and oxygen atoms in total. The summed E-state index contributed by atoms with van der Waals surface area (Å²) in [6, 6.07) is 11.3. The molecule has 0 aliphatic heterocycles. The molecule has 27 heavy (non-hydrogen) atoms. The first-order valence-electron chi connectivity index (χ1n) is 8.39. The Hall–Kier alpha value is -3.26. The van der Waals surface area contributed by atoms with E-state index < -0.39 is 0 Å². The minimum absolute atomic E-state index is 0.00817. The van der Waals surface area contributed by atoms with Crippen molar-refractivity contribution in [2.45, 2.75) is 20.3 Å². The van der Waals surface area contributed by atoms with Gasteiger partial charge >= 0.3 is 0 Å². The van der Waals surface area contributed by atoms with Crippen molar-refractivity contribution in [2.24, 2.45) is 0 Å². The number of anilines is 1. The summed E-state index contributed by atoms with van der Waals surface area (Å²) < 4.78 is 1.44. The number of carbonyl (C=O) groups excluding carboxylic acids is 1. The molecule has 4 aromatic rings. The van der Waals surface area contributed by atoms with Crippen LogP contribution in [0.4, 0.5) is 5.69 Å². The number of rotatable bonds is 4. The van der Waals surface area contributed by atoms with Crippen LogP contribution in [0.5, 0.6) is 0 Å². The fourth-order valence-corrected chi connectivity index (χ4v) is 3.47. The van der Waals surface area contributed by atoms with E-state index in [0.717, 1.165) is 21.7 Å². The van der Waals surface area contributed by atoms with Gasteiger partial charge in [0.25, 0.3) is 5.56 Å². The van der Waals surface area contributed by atoms with Crippen molar-refractivity contribution in [3.8, 4) is 10.6 Å². The second-order valence-electron chi connectivity index (χ2n) is 6.30. The number of thiophene rings is 1. The maximum atomic E-state index is 12.5. The molecule has 0 saturated heterocycles. The van der Waals surface area contributed by atoms with Gasteiger partial charge in [-0.05, 0) is 54.6 Å². The van der Waals surface area contributed by atoms with Gasteiger partial charge in [-0.25, -0.2) is 9.61 Å². The van der Waals surface area contributed by atoms with Gasteiger partial charge in [0.2, 0.25) is 5.91 Å². The smallest absolute Gasteiger partial charge is 0.290 e. The van der Waals surface area contributed by atoms with Crippen molar-refractivity contribution in [1.29, 1.82) is 0 Å². The summed E-state index contributed by atoms with van der Waals surface area (Å²) in [6.45, 7) is 4.01. The number of aryl methyl sites for hydroxylation is 2. The Kier molecular flexibility index (Phi) is 4.33. The largest absolute Gasteiger partial charge is 0.326 e. The van der Waals surface area contributed by atoms with Crippen LogP contribution < -0.4 is 10.9 Å². The molecule has 1 amide bonds. The molecule has 1 aromatic carbocycles. The molecule has 0 aliphatic carbocycles. The van der Waals surface area contributed by atoms with Crippen LogP contribution >= 0.6 is 11.3 Å². The van der Waals surface area contributed by atoms with E-state index >= 15 is 0 Å². The predicted octanol–water partition coefficient (Wildman–Crippen LogP) is 2.94. The summed E-state index contributed by atoms with van der Waals surface area (Å²) in [5.74, 6) is 0.140. The Labute approximate surface area is 158 Å². The van der Waals surface area contributed by atoms with Gasteiger partial charge in [-0.3, -0.25) is 9.59 Å². The first-order valence-corrected chi connectivity index (χ1v) is 9.27. The van der Waals surface area contributed by atoms with Crippen LogP contribution in [0.1, 0.15) is 17.0 Å². The number of hydrogen-bond acceptors (Lipinski definition) is 5. The highest BCUT2D eigenvalue weighted by atomic mass is 32.1.